The number of carbonyl (C=O) groups is 1. The van der Waals surface area contributed by atoms with E-state index >= 15 is 0 Å². The van der Waals surface area contributed by atoms with Crippen molar-refractivity contribution in [3.8, 4) is 0 Å². The molecule has 0 bridgehead atoms. The van der Waals surface area contributed by atoms with Gasteiger partial charge in [0.2, 0.25) is 5.91 Å². The first kappa shape index (κ1) is 14.4. The van der Waals surface area contributed by atoms with Crippen LogP contribution in [0.5, 0.6) is 0 Å². The lowest BCUT2D eigenvalue weighted by Crippen LogP contribution is -2.56. The van der Waals surface area contributed by atoms with Gasteiger partial charge in [-0.05, 0) is 40.8 Å². The third kappa shape index (κ3) is 5.14. The van der Waals surface area contributed by atoms with Gasteiger partial charge in [-0.25, -0.2) is 0 Å². The third-order valence-corrected chi connectivity index (χ3v) is 2.68. The van der Waals surface area contributed by atoms with Gasteiger partial charge in [0.15, 0.2) is 0 Å². The van der Waals surface area contributed by atoms with Crippen LogP contribution < -0.4 is 11.1 Å². The molecule has 1 unspecified atom stereocenters. The predicted molar refractivity (Wildman–Crippen MR) is 63.7 cm³/mol. The fraction of sp³-hybridized carbons (Fsp3) is 0.909. The van der Waals surface area contributed by atoms with Gasteiger partial charge in [0.25, 0.3) is 0 Å². The van der Waals surface area contributed by atoms with E-state index < -0.39 is 5.54 Å². The minimum absolute atomic E-state index is 0.259. The van der Waals surface area contributed by atoms with E-state index in [1.54, 1.807) is 0 Å². The van der Waals surface area contributed by atoms with E-state index in [1.165, 1.54) is 0 Å². The van der Waals surface area contributed by atoms with Crippen molar-refractivity contribution < 1.29 is 4.79 Å². The Balaban J connectivity index is 4.32. The van der Waals surface area contributed by atoms with Crippen LogP contribution in [0, 0.1) is 0 Å². The Morgan fingerprint density at radius 2 is 2.07 bits per heavy atom. The number of nitrogens with two attached hydrogens (primary N) is 1. The molecule has 3 N–H and O–H groups in total. The summed E-state index contributed by atoms with van der Waals surface area (Å²) in [5, 5.41) is 3.23. The van der Waals surface area contributed by atoms with Gasteiger partial charge in [0.05, 0.1) is 5.54 Å². The Kier molecular flexibility index (Phi) is 5.83. The average Bonchev–Trinajstić information content (AvgIpc) is 2.12. The maximum absolute atomic E-state index is 11.4. The zero-order valence-electron chi connectivity index (χ0n) is 10.6. The molecule has 0 heterocycles. The van der Waals surface area contributed by atoms with Gasteiger partial charge >= 0.3 is 0 Å². The van der Waals surface area contributed by atoms with E-state index in [4.69, 9.17) is 5.73 Å². The van der Waals surface area contributed by atoms with E-state index in [9.17, 15) is 4.79 Å². The molecule has 0 aromatic rings. The van der Waals surface area contributed by atoms with Crippen LogP contribution in [0.25, 0.3) is 0 Å². The topological polar surface area (TPSA) is 58.4 Å². The second-order valence-corrected chi connectivity index (χ2v) is 4.64. The van der Waals surface area contributed by atoms with Crippen LogP contribution in [-0.4, -0.2) is 42.5 Å². The van der Waals surface area contributed by atoms with Crippen molar-refractivity contribution in [1.29, 1.82) is 0 Å². The number of rotatable bonds is 7. The van der Waals surface area contributed by atoms with E-state index in [0.717, 1.165) is 19.5 Å². The van der Waals surface area contributed by atoms with Crippen molar-refractivity contribution in [1.82, 2.24) is 10.2 Å². The fourth-order valence-corrected chi connectivity index (χ4v) is 1.48. The number of primary amides is 1. The maximum atomic E-state index is 11.4. The second kappa shape index (κ2) is 6.08. The molecule has 0 fully saturated rings. The maximum Gasteiger partial charge on any atom is 0.237 e. The highest BCUT2D eigenvalue weighted by Crippen LogP contribution is 2.11. The lowest BCUT2D eigenvalue weighted by atomic mass is 9.95. The summed E-state index contributed by atoms with van der Waals surface area (Å²) in [5.74, 6) is -0.277. The summed E-state index contributed by atoms with van der Waals surface area (Å²) in [6, 6.07) is 0.259. The Morgan fingerprint density at radius 1 is 1.53 bits per heavy atom. The summed E-state index contributed by atoms with van der Waals surface area (Å²) in [4.78, 5) is 13.6. The molecule has 0 spiro atoms. The first-order chi connectivity index (χ1) is 6.81. The van der Waals surface area contributed by atoms with Crippen molar-refractivity contribution in [3.05, 3.63) is 0 Å². The largest absolute Gasteiger partial charge is 0.368 e. The van der Waals surface area contributed by atoms with Crippen molar-refractivity contribution >= 4 is 5.91 Å². The minimum Gasteiger partial charge on any atom is -0.368 e. The first-order valence-electron chi connectivity index (χ1n) is 5.58. The van der Waals surface area contributed by atoms with Crippen LogP contribution in [0.4, 0.5) is 0 Å². The molecule has 0 aromatic carbocycles. The molecule has 4 nitrogen and oxygen atoms in total. The number of amides is 1. The molecule has 0 aromatic heterocycles. The molecule has 1 amide bonds. The molecular formula is C11H25N3O. The van der Waals surface area contributed by atoms with Gasteiger partial charge in [-0.1, -0.05) is 6.92 Å². The standard InChI is InChI=1S/C11H25N3O/c1-6-14(5)8-7-11(4,10(12)15)13-9(2)3/h9,13H,6-8H2,1-5H3,(H2,12,15). The van der Waals surface area contributed by atoms with Gasteiger partial charge in [-0.2, -0.15) is 0 Å². The van der Waals surface area contributed by atoms with Crippen molar-refractivity contribution in [3.63, 3.8) is 0 Å². The summed E-state index contributed by atoms with van der Waals surface area (Å²) in [7, 11) is 2.04. The summed E-state index contributed by atoms with van der Waals surface area (Å²) in [6.45, 7) is 9.86. The molecule has 0 radical (unpaired) electrons. The minimum atomic E-state index is -0.600. The molecule has 0 aliphatic heterocycles. The zero-order chi connectivity index (χ0) is 12.1. The number of nitrogens with one attached hydrogen (secondary N) is 1. The van der Waals surface area contributed by atoms with Gasteiger partial charge in [-0.15, -0.1) is 0 Å². The van der Waals surface area contributed by atoms with Gasteiger partial charge < -0.3 is 16.0 Å². The molecule has 4 heteroatoms. The quantitative estimate of drug-likeness (QED) is 0.653. The Labute approximate surface area is 93.2 Å². The van der Waals surface area contributed by atoms with Gasteiger partial charge in [0, 0.05) is 12.6 Å². The molecule has 15 heavy (non-hydrogen) atoms. The van der Waals surface area contributed by atoms with Crippen LogP contribution in [0.15, 0.2) is 0 Å². The molecule has 90 valence electrons. The van der Waals surface area contributed by atoms with Crippen LogP contribution in [-0.2, 0) is 4.79 Å². The molecule has 0 aliphatic carbocycles. The Bertz CT molecular complexity index is 206. The van der Waals surface area contributed by atoms with Crippen molar-refractivity contribution in [2.75, 3.05) is 20.1 Å². The lowest BCUT2D eigenvalue weighted by molar-refractivity contribution is -0.124. The summed E-state index contributed by atoms with van der Waals surface area (Å²) >= 11 is 0. The third-order valence-electron chi connectivity index (χ3n) is 2.68. The van der Waals surface area contributed by atoms with Crippen LogP contribution >= 0.6 is 0 Å². The molecule has 0 saturated carbocycles. The lowest BCUT2D eigenvalue weighted by Gasteiger charge is -2.31. The van der Waals surface area contributed by atoms with E-state index in [0.29, 0.717) is 0 Å². The second-order valence-electron chi connectivity index (χ2n) is 4.64. The number of hydrogen-bond donors (Lipinski definition) is 2. The molecule has 0 saturated heterocycles. The number of nitrogens with zero attached hydrogens (tertiary/aromatic N) is 1. The van der Waals surface area contributed by atoms with E-state index in [-0.39, 0.29) is 11.9 Å². The van der Waals surface area contributed by atoms with Crippen LogP contribution in [0.2, 0.25) is 0 Å². The smallest absolute Gasteiger partial charge is 0.237 e. The zero-order valence-corrected chi connectivity index (χ0v) is 10.6. The highest BCUT2D eigenvalue weighted by molar-refractivity contribution is 5.84. The van der Waals surface area contributed by atoms with E-state index in [1.807, 2.05) is 27.8 Å². The highest BCUT2D eigenvalue weighted by Gasteiger charge is 2.31. The summed E-state index contributed by atoms with van der Waals surface area (Å²) in [5.41, 5.74) is 4.83. The summed E-state index contributed by atoms with van der Waals surface area (Å²) in [6.07, 6.45) is 0.741. The average molecular weight is 215 g/mol. The van der Waals surface area contributed by atoms with Crippen molar-refractivity contribution in [2.24, 2.45) is 5.73 Å². The van der Waals surface area contributed by atoms with Gasteiger partial charge in [0.1, 0.15) is 0 Å². The number of carbonyl (C=O) groups excluding carboxylic acids is 1. The van der Waals surface area contributed by atoms with Crippen LogP contribution in [0.1, 0.15) is 34.1 Å². The predicted octanol–water partition coefficient (Wildman–Crippen LogP) is 0.570. The molecular weight excluding hydrogens is 190 g/mol. The molecule has 0 rings (SSSR count). The number of hydrogen-bond acceptors (Lipinski definition) is 3. The summed E-state index contributed by atoms with van der Waals surface area (Å²) < 4.78 is 0. The molecule has 1 atom stereocenters. The first-order valence-corrected chi connectivity index (χ1v) is 5.58. The van der Waals surface area contributed by atoms with Gasteiger partial charge in [-0.3, -0.25) is 4.79 Å². The molecule has 0 aliphatic rings. The fourth-order valence-electron chi connectivity index (χ4n) is 1.48. The highest BCUT2D eigenvalue weighted by atomic mass is 16.1. The SMILES string of the molecule is CCN(C)CCC(C)(NC(C)C)C(N)=O. The normalized spacial score (nSPS) is 15.7. The van der Waals surface area contributed by atoms with Crippen LogP contribution in [0.3, 0.4) is 0 Å². The Morgan fingerprint density at radius 3 is 2.40 bits per heavy atom. The monoisotopic (exact) mass is 215 g/mol. The van der Waals surface area contributed by atoms with E-state index in [2.05, 4.69) is 17.1 Å². The van der Waals surface area contributed by atoms with Crippen molar-refractivity contribution in [2.45, 2.75) is 45.7 Å². The Hall–Kier alpha value is -0.610.